The fourth-order valence-corrected chi connectivity index (χ4v) is 1.87. The van der Waals surface area contributed by atoms with E-state index in [1.807, 2.05) is 5.32 Å². The second kappa shape index (κ2) is 7.09. The number of hydrogen-bond donors (Lipinski definition) is 1. The quantitative estimate of drug-likeness (QED) is 0.663. The Bertz CT molecular complexity index is 681. The number of hydrogen-bond acceptors (Lipinski definition) is 1. The Morgan fingerprint density at radius 1 is 0.957 bits per heavy atom. The highest BCUT2D eigenvalue weighted by atomic mass is 19.4. The minimum atomic E-state index is -5.24. The zero-order valence-corrected chi connectivity index (χ0v) is 11.8. The molecule has 0 radical (unpaired) electrons. The average molecular weight is 323 g/mol. The van der Waals surface area contributed by atoms with Crippen LogP contribution in [0, 0.1) is 0 Å². The Hall–Kier alpha value is -2.63. The molecule has 1 N–H and O–H groups in total. The van der Waals surface area contributed by atoms with Gasteiger partial charge in [-0.05, 0) is 17.2 Å². The maximum Gasteiger partial charge on any atom is 0.428 e. The van der Waals surface area contributed by atoms with Crippen LogP contribution in [0.3, 0.4) is 0 Å². The molecule has 0 saturated carbocycles. The maximum atomic E-state index is 13.2. The zero-order valence-electron chi connectivity index (χ0n) is 11.8. The maximum absolute atomic E-state index is 13.2. The van der Waals surface area contributed by atoms with Crippen LogP contribution in [-0.4, -0.2) is 18.3 Å². The molecule has 0 spiro atoms. The number of carbonyl (C=O) groups is 1. The van der Waals surface area contributed by atoms with Crippen molar-refractivity contribution in [3.05, 3.63) is 71.8 Å². The van der Waals surface area contributed by atoms with Gasteiger partial charge in [0, 0.05) is 5.70 Å². The first-order valence-corrected chi connectivity index (χ1v) is 6.72. The third-order valence-electron chi connectivity index (χ3n) is 2.97. The molecule has 2 rings (SSSR count). The topological polar surface area (TPSA) is 29.1 Å². The van der Waals surface area contributed by atoms with Crippen molar-refractivity contribution in [1.29, 1.82) is 0 Å². The van der Waals surface area contributed by atoms with Gasteiger partial charge in [-0.15, -0.1) is 0 Å². The van der Waals surface area contributed by atoms with Crippen molar-refractivity contribution in [2.24, 2.45) is 0 Å². The Morgan fingerprint density at radius 3 is 2.00 bits per heavy atom. The average Bonchev–Trinajstić information content (AvgIpc) is 2.54. The van der Waals surface area contributed by atoms with E-state index in [0.29, 0.717) is 11.1 Å². The van der Waals surface area contributed by atoms with E-state index in [1.165, 1.54) is 6.08 Å². The van der Waals surface area contributed by atoms with Crippen LogP contribution in [0.15, 0.2) is 60.7 Å². The molecule has 0 aromatic heterocycles. The van der Waals surface area contributed by atoms with E-state index in [-0.39, 0.29) is 5.70 Å². The van der Waals surface area contributed by atoms with E-state index in [4.69, 9.17) is 0 Å². The van der Waals surface area contributed by atoms with Crippen molar-refractivity contribution in [3.8, 4) is 0 Å². The molecular weight excluding hydrogens is 310 g/mol. The van der Waals surface area contributed by atoms with Crippen molar-refractivity contribution in [3.63, 3.8) is 0 Å². The van der Waals surface area contributed by atoms with Crippen LogP contribution in [0.4, 0.5) is 17.6 Å². The number of alkyl halides is 4. The van der Waals surface area contributed by atoms with Crippen molar-refractivity contribution in [1.82, 2.24) is 5.32 Å². The predicted molar refractivity (Wildman–Crippen MR) is 79.8 cm³/mol. The molecule has 120 valence electrons. The molecule has 1 amide bonds. The lowest BCUT2D eigenvalue weighted by Gasteiger charge is -2.15. The fraction of sp³-hybridized carbons (Fsp3) is 0.118. The summed E-state index contributed by atoms with van der Waals surface area (Å²) < 4.78 is 50.1. The minimum absolute atomic E-state index is 0.0914. The summed E-state index contributed by atoms with van der Waals surface area (Å²) in [6.07, 6.45) is -7.33. The lowest BCUT2D eigenvalue weighted by atomic mass is 10.1. The smallest absolute Gasteiger partial charge is 0.323 e. The van der Waals surface area contributed by atoms with Crippen LogP contribution in [0.2, 0.25) is 0 Å². The number of benzene rings is 2. The molecule has 0 fully saturated rings. The molecule has 6 heteroatoms. The lowest BCUT2D eigenvalue weighted by molar-refractivity contribution is -0.186. The molecule has 0 aliphatic carbocycles. The van der Waals surface area contributed by atoms with Crippen LogP contribution in [0.5, 0.6) is 0 Å². The molecule has 0 aliphatic rings. The first kappa shape index (κ1) is 16.7. The number of carbonyl (C=O) groups excluding carboxylic acids is 1. The van der Waals surface area contributed by atoms with E-state index in [0.717, 1.165) is 0 Å². The summed E-state index contributed by atoms with van der Waals surface area (Å²) in [4.78, 5) is 11.5. The molecule has 0 aliphatic heterocycles. The number of amides is 1. The SMILES string of the molecule is O=C(N/C(=C\c1ccccc1)c1ccccc1)C(F)C(F)(F)F. The van der Waals surface area contributed by atoms with Gasteiger partial charge in [0.05, 0.1) is 0 Å². The Labute approximate surface area is 130 Å². The van der Waals surface area contributed by atoms with Gasteiger partial charge in [-0.25, -0.2) is 4.39 Å². The highest BCUT2D eigenvalue weighted by Gasteiger charge is 2.45. The lowest BCUT2D eigenvalue weighted by Crippen LogP contribution is -2.40. The number of nitrogens with one attached hydrogen (secondary N) is 1. The highest BCUT2D eigenvalue weighted by molar-refractivity contribution is 5.94. The monoisotopic (exact) mass is 323 g/mol. The molecule has 0 saturated heterocycles. The first-order chi connectivity index (χ1) is 10.9. The molecule has 23 heavy (non-hydrogen) atoms. The van der Waals surface area contributed by atoms with Gasteiger partial charge >= 0.3 is 6.18 Å². The Morgan fingerprint density at radius 2 is 1.48 bits per heavy atom. The number of halogens is 4. The van der Waals surface area contributed by atoms with E-state index >= 15 is 0 Å². The van der Waals surface area contributed by atoms with Crippen LogP contribution < -0.4 is 5.32 Å². The first-order valence-electron chi connectivity index (χ1n) is 6.72. The summed E-state index contributed by atoms with van der Waals surface area (Å²) >= 11 is 0. The second-order valence-corrected chi connectivity index (χ2v) is 4.73. The van der Waals surface area contributed by atoms with Crippen LogP contribution >= 0.6 is 0 Å². The number of rotatable bonds is 4. The van der Waals surface area contributed by atoms with Crippen LogP contribution in [-0.2, 0) is 4.79 Å². The normalized spacial score (nSPS) is 13.5. The van der Waals surface area contributed by atoms with Gasteiger partial charge in [0.2, 0.25) is 0 Å². The summed E-state index contributed by atoms with van der Waals surface area (Å²) in [6.45, 7) is 0. The van der Waals surface area contributed by atoms with Gasteiger partial charge in [-0.1, -0.05) is 60.7 Å². The molecule has 0 bridgehead atoms. The third kappa shape index (κ3) is 4.67. The van der Waals surface area contributed by atoms with Gasteiger partial charge in [-0.2, -0.15) is 13.2 Å². The molecular formula is C17H13F4NO. The highest BCUT2D eigenvalue weighted by Crippen LogP contribution is 2.24. The Kier molecular flexibility index (Phi) is 5.16. The third-order valence-corrected chi connectivity index (χ3v) is 2.97. The van der Waals surface area contributed by atoms with Crippen molar-refractivity contribution in [2.45, 2.75) is 12.3 Å². The summed E-state index contributed by atoms with van der Waals surface area (Å²) in [5, 5.41) is 2.02. The van der Waals surface area contributed by atoms with Crippen molar-refractivity contribution < 1.29 is 22.4 Å². The summed E-state index contributed by atoms with van der Waals surface area (Å²) in [5.41, 5.74) is 1.22. The van der Waals surface area contributed by atoms with Gasteiger partial charge in [-0.3, -0.25) is 4.79 Å². The van der Waals surface area contributed by atoms with Crippen LogP contribution in [0.25, 0.3) is 11.8 Å². The van der Waals surface area contributed by atoms with Crippen molar-refractivity contribution >= 4 is 17.7 Å². The summed E-state index contributed by atoms with van der Waals surface area (Å²) in [6, 6.07) is 16.9. The summed E-state index contributed by atoms with van der Waals surface area (Å²) in [7, 11) is 0. The molecule has 2 nitrogen and oxygen atoms in total. The molecule has 1 atom stereocenters. The molecule has 2 aromatic rings. The zero-order chi connectivity index (χ0) is 16.9. The minimum Gasteiger partial charge on any atom is -0.323 e. The van der Waals surface area contributed by atoms with E-state index in [9.17, 15) is 22.4 Å². The van der Waals surface area contributed by atoms with E-state index in [2.05, 4.69) is 0 Å². The van der Waals surface area contributed by atoms with Gasteiger partial charge in [0.25, 0.3) is 12.1 Å². The largest absolute Gasteiger partial charge is 0.428 e. The molecule has 0 heterocycles. The van der Waals surface area contributed by atoms with Crippen molar-refractivity contribution in [2.75, 3.05) is 0 Å². The van der Waals surface area contributed by atoms with E-state index < -0.39 is 18.3 Å². The fourth-order valence-electron chi connectivity index (χ4n) is 1.87. The standard InChI is InChI=1S/C17H13F4NO/c18-15(17(19,20)21)16(23)22-14(13-9-5-2-6-10-13)11-12-7-3-1-4-8-12/h1-11,15H,(H,22,23)/b14-11-. The molecule has 1 unspecified atom stereocenters. The van der Waals surface area contributed by atoms with E-state index in [1.54, 1.807) is 60.7 Å². The van der Waals surface area contributed by atoms with Gasteiger partial charge in [0.1, 0.15) is 0 Å². The van der Waals surface area contributed by atoms with Gasteiger partial charge in [0.15, 0.2) is 0 Å². The molecule has 2 aromatic carbocycles. The van der Waals surface area contributed by atoms with Gasteiger partial charge < -0.3 is 5.32 Å². The summed E-state index contributed by atoms with van der Waals surface area (Å²) in [5.74, 6) is -1.75. The predicted octanol–water partition coefficient (Wildman–Crippen LogP) is 4.20. The second-order valence-electron chi connectivity index (χ2n) is 4.73. The van der Waals surface area contributed by atoms with Crippen LogP contribution in [0.1, 0.15) is 11.1 Å². The Balaban J connectivity index is 2.32.